The Labute approximate surface area is 300 Å². The second-order valence-electron chi connectivity index (χ2n) is 12.5. The number of aromatic nitrogens is 8. The second kappa shape index (κ2) is 16.2. The largest absolute Gasteiger partial charge is 0.494 e. The molecule has 3 heterocycles. The molecule has 0 aliphatic carbocycles. The molecule has 52 heavy (non-hydrogen) atoms. The van der Waals surface area contributed by atoms with Gasteiger partial charge in [-0.1, -0.05) is 48.5 Å². The predicted octanol–water partition coefficient (Wildman–Crippen LogP) is 5.33. The van der Waals surface area contributed by atoms with Crippen LogP contribution >= 0.6 is 0 Å². The van der Waals surface area contributed by atoms with E-state index in [2.05, 4.69) is 65.1 Å². The third-order valence-electron chi connectivity index (χ3n) is 9.19. The van der Waals surface area contributed by atoms with Crippen LogP contribution in [0.3, 0.4) is 0 Å². The van der Waals surface area contributed by atoms with Crippen LogP contribution in [0.25, 0.3) is 0 Å². The van der Waals surface area contributed by atoms with Crippen molar-refractivity contribution in [2.24, 2.45) is 0 Å². The summed E-state index contributed by atoms with van der Waals surface area (Å²) in [5.74, 6) is 2.37. The Morgan fingerprint density at radius 3 is 1.25 bits per heavy atom. The zero-order chi connectivity index (χ0) is 35.9. The molecule has 2 unspecified atom stereocenters. The summed E-state index contributed by atoms with van der Waals surface area (Å²) in [4.78, 5) is 4.77. The zero-order valence-electron chi connectivity index (χ0n) is 29.1. The molecule has 6 aromatic rings. The summed E-state index contributed by atoms with van der Waals surface area (Å²) >= 11 is 0. The first-order valence-corrected chi connectivity index (χ1v) is 17.4. The number of hydrogen-bond acceptors (Lipinski definition) is 10. The van der Waals surface area contributed by atoms with E-state index in [9.17, 15) is 8.78 Å². The molecule has 1 saturated heterocycles. The highest BCUT2D eigenvalue weighted by Crippen LogP contribution is 2.34. The Bertz CT molecular complexity index is 1860. The lowest BCUT2D eigenvalue weighted by molar-refractivity contribution is 0.0825. The Kier molecular flexibility index (Phi) is 10.8. The molecule has 268 valence electrons. The van der Waals surface area contributed by atoms with Gasteiger partial charge in [0.15, 0.2) is 11.6 Å². The number of hydrogen-bond donors (Lipinski definition) is 0. The van der Waals surface area contributed by atoms with Crippen LogP contribution in [0.1, 0.15) is 59.8 Å². The number of benzene rings is 4. The Morgan fingerprint density at radius 1 is 0.538 bits per heavy atom. The van der Waals surface area contributed by atoms with Crippen LogP contribution in [0.15, 0.2) is 97.1 Å². The van der Waals surface area contributed by atoms with Crippen molar-refractivity contribution >= 4 is 0 Å². The van der Waals surface area contributed by atoms with Gasteiger partial charge < -0.3 is 9.47 Å². The molecule has 0 bridgehead atoms. The molecule has 2 aromatic heterocycles. The highest BCUT2D eigenvalue weighted by Gasteiger charge is 2.35. The third-order valence-corrected chi connectivity index (χ3v) is 9.19. The molecule has 0 radical (unpaired) electrons. The highest BCUT2D eigenvalue weighted by atomic mass is 19.1. The molecular formula is C38H40F2N10O2. The molecular weight excluding hydrogens is 666 g/mol. The standard InChI is InChI=1S/C38H40F2N10O2/c1-3-51-33-17-9-29(10-18-33)35(37-41-43-45-49(37)25-27-5-13-31(39)14-6-27)47-21-23-48(24-22-47)36(30-11-19-34(20-12-30)52-4-2)38-42-44-46-50(38)26-28-7-15-32(40)16-8-28/h5-20,35-36H,3-4,21-26H2,1-2H3. The van der Waals surface area contributed by atoms with E-state index in [0.29, 0.717) is 64.1 Å². The number of tetrazole rings is 2. The number of piperazine rings is 1. The van der Waals surface area contributed by atoms with Gasteiger partial charge in [0, 0.05) is 26.2 Å². The molecule has 1 aliphatic rings. The van der Waals surface area contributed by atoms with Crippen LogP contribution in [0.2, 0.25) is 0 Å². The highest BCUT2D eigenvalue weighted by molar-refractivity contribution is 5.34. The summed E-state index contributed by atoms with van der Waals surface area (Å²) in [6.07, 6.45) is 0. The van der Waals surface area contributed by atoms with Crippen molar-refractivity contribution in [3.8, 4) is 11.5 Å². The van der Waals surface area contributed by atoms with E-state index in [1.165, 1.54) is 24.3 Å². The molecule has 7 rings (SSSR count). The minimum atomic E-state index is -0.293. The fraction of sp³-hybridized carbons (Fsp3) is 0.316. The molecule has 4 aromatic carbocycles. The minimum Gasteiger partial charge on any atom is -0.494 e. The summed E-state index contributed by atoms with van der Waals surface area (Å²) in [5.41, 5.74) is 3.83. The van der Waals surface area contributed by atoms with E-state index in [1.54, 1.807) is 33.6 Å². The molecule has 14 heteroatoms. The molecule has 0 spiro atoms. The Hall–Kier alpha value is -5.60. The van der Waals surface area contributed by atoms with Gasteiger partial charge in [-0.05, 0) is 105 Å². The van der Waals surface area contributed by atoms with Gasteiger partial charge in [-0.2, -0.15) is 0 Å². The van der Waals surface area contributed by atoms with E-state index in [0.717, 1.165) is 33.8 Å². The van der Waals surface area contributed by atoms with E-state index in [4.69, 9.17) is 9.47 Å². The minimum absolute atomic E-state index is 0.263. The van der Waals surface area contributed by atoms with Gasteiger partial charge in [-0.25, -0.2) is 18.1 Å². The quantitative estimate of drug-likeness (QED) is 0.147. The van der Waals surface area contributed by atoms with Crippen molar-refractivity contribution in [2.75, 3.05) is 39.4 Å². The van der Waals surface area contributed by atoms with E-state index < -0.39 is 0 Å². The lowest BCUT2D eigenvalue weighted by Crippen LogP contribution is -2.50. The van der Waals surface area contributed by atoms with Gasteiger partial charge in [0.1, 0.15) is 23.1 Å². The summed E-state index contributed by atoms with van der Waals surface area (Å²) in [5, 5.41) is 25.9. The summed E-state index contributed by atoms with van der Waals surface area (Å²) in [7, 11) is 0. The lowest BCUT2D eigenvalue weighted by Gasteiger charge is -2.41. The van der Waals surface area contributed by atoms with Gasteiger partial charge in [0.05, 0.1) is 38.4 Å². The van der Waals surface area contributed by atoms with E-state index >= 15 is 0 Å². The lowest BCUT2D eigenvalue weighted by atomic mass is 10.0. The molecule has 1 fully saturated rings. The fourth-order valence-corrected chi connectivity index (χ4v) is 6.69. The van der Waals surface area contributed by atoms with Crippen molar-refractivity contribution in [3.05, 3.63) is 143 Å². The number of nitrogens with zero attached hydrogens (tertiary/aromatic N) is 10. The van der Waals surface area contributed by atoms with Crippen molar-refractivity contribution in [1.29, 1.82) is 0 Å². The molecule has 0 N–H and O–H groups in total. The van der Waals surface area contributed by atoms with Crippen LogP contribution in [0, 0.1) is 11.6 Å². The monoisotopic (exact) mass is 706 g/mol. The fourth-order valence-electron chi connectivity index (χ4n) is 6.69. The van der Waals surface area contributed by atoms with Gasteiger partial charge in [-0.3, -0.25) is 9.80 Å². The van der Waals surface area contributed by atoms with Crippen molar-refractivity contribution < 1.29 is 18.3 Å². The van der Waals surface area contributed by atoms with Crippen molar-refractivity contribution in [3.63, 3.8) is 0 Å². The summed E-state index contributed by atoms with van der Waals surface area (Å²) < 4.78 is 42.4. The van der Waals surface area contributed by atoms with Gasteiger partial charge in [0.2, 0.25) is 0 Å². The summed E-state index contributed by atoms with van der Waals surface area (Å²) in [6.45, 7) is 8.61. The third kappa shape index (κ3) is 7.98. The maximum Gasteiger partial charge on any atom is 0.173 e. The summed E-state index contributed by atoms with van der Waals surface area (Å²) in [6, 6.07) is 28.4. The van der Waals surface area contributed by atoms with Crippen LogP contribution in [0.5, 0.6) is 11.5 Å². The van der Waals surface area contributed by atoms with E-state index in [1.807, 2.05) is 38.1 Å². The van der Waals surface area contributed by atoms with Crippen LogP contribution in [-0.2, 0) is 13.1 Å². The topological polar surface area (TPSA) is 112 Å². The zero-order valence-corrected chi connectivity index (χ0v) is 29.1. The number of rotatable bonds is 14. The molecule has 1 aliphatic heterocycles. The van der Waals surface area contributed by atoms with Gasteiger partial charge in [0.25, 0.3) is 0 Å². The Morgan fingerprint density at radius 2 is 0.904 bits per heavy atom. The SMILES string of the molecule is CCOc1ccc(C(c2nnnn2Cc2ccc(F)cc2)N2CCN(C(c3ccc(OCC)cc3)c3nnnn3Cc3ccc(F)cc3)CC2)cc1. The molecule has 0 amide bonds. The number of ether oxygens (including phenoxy) is 2. The average Bonchev–Trinajstić information content (AvgIpc) is 3.82. The second-order valence-corrected chi connectivity index (χ2v) is 12.5. The molecule has 2 atom stereocenters. The van der Waals surface area contributed by atoms with Crippen molar-refractivity contribution in [1.82, 2.24) is 50.2 Å². The first-order chi connectivity index (χ1) is 25.5. The molecule has 12 nitrogen and oxygen atoms in total. The Balaban J connectivity index is 1.18. The molecule has 0 saturated carbocycles. The maximum absolute atomic E-state index is 13.7. The van der Waals surface area contributed by atoms with Gasteiger partial charge >= 0.3 is 0 Å². The first-order valence-electron chi connectivity index (χ1n) is 17.4. The number of halogens is 2. The predicted molar refractivity (Wildman–Crippen MR) is 189 cm³/mol. The van der Waals surface area contributed by atoms with Crippen LogP contribution in [-0.4, -0.2) is 89.6 Å². The smallest absolute Gasteiger partial charge is 0.173 e. The maximum atomic E-state index is 13.7. The van der Waals surface area contributed by atoms with Crippen molar-refractivity contribution in [2.45, 2.75) is 39.0 Å². The van der Waals surface area contributed by atoms with Crippen LogP contribution < -0.4 is 9.47 Å². The van der Waals surface area contributed by atoms with Crippen LogP contribution in [0.4, 0.5) is 8.78 Å². The van der Waals surface area contributed by atoms with E-state index in [-0.39, 0.29) is 23.7 Å². The van der Waals surface area contributed by atoms with Gasteiger partial charge in [-0.15, -0.1) is 10.2 Å². The average molecular weight is 707 g/mol. The normalized spacial score (nSPS) is 15.0. The first kappa shape index (κ1) is 34.8.